The molecule has 0 aromatic carbocycles. The lowest BCUT2D eigenvalue weighted by Gasteiger charge is -2.72. The van der Waals surface area contributed by atoms with E-state index in [0.29, 0.717) is 23.7 Å². The number of carbonyl (C=O) groups excluding carboxylic acids is 2. The second kappa shape index (κ2) is 8.82. The molecule has 2 N–H and O–H groups in total. The van der Waals surface area contributed by atoms with Crippen LogP contribution < -0.4 is 10.4 Å². The molecule has 5 fully saturated rings. The number of carboxylic acid groups (broad SMARTS) is 1. The zero-order valence-electron chi connectivity index (χ0n) is 25.0. The third-order valence-electron chi connectivity index (χ3n) is 14.2. The molecule has 38 heavy (non-hydrogen) atoms. The molecule has 5 heteroatoms. The standard InChI is InChI=1S/C33H53NO4/c1-19(2)21-11-16-33(28(38)34-20(3)27(36)37)18-17-31(7)22(26(21)33)9-10-24-30(6)14-13-25(35)29(4,5)23(30)12-15-32(24,31)8/h20-26,35H,1,9-18H2,2-8H3,(H,34,38)(H,36,37)/p-1/t20-,21+,22-,23+,24-,25+,26-,30+,31-,32-,33+/m1/s1. The van der Waals surface area contributed by atoms with Gasteiger partial charge in [0.05, 0.1) is 23.5 Å². The Morgan fingerprint density at radius 3 is 2.21 bits per heavy atom. The second-order valence-corrected chi connectivity index (χ2v) is 15.7. The highest BCUT2D eigenvalue weighted by molar-refractivity contribution is 5.87. The van der Waals surface area contributed by atoms with Crippen LogP contribution in [-0.4, -0.2) is 29.1 Å². The predicted octanol–water partition coefficient (Wildman–Crippen LogP) is 5.26. The molecule has 5 nitrogen and oxygen atoms in total. The fraction of sp³-hybridized carbons (Fsp3) is 0.879. The van der Waals surface area contributed by atoms with Gasteiger partial charge in [0, 0.05) is 0 Å². The minimum atomic E-state index is -1.22. The van der Waals surface area contributed by atoms with Crippen LogP contribution in [0.3, 0.4) is 0 Å². The van der Waals surface area contributed by atoms with E-state index in [1.54, 1.807) is 0 Å². The maximum Gasteiger partial charge on any atom is 0.227 e. The number of hydrogen-bond acceptors (Lipinski definition) is 4. The highest BCUT2D eigenvalue weighted by atomic mass is 16.4. The zero-order valence-corrected chi connectivity index (χ0v) is 25.0. The Morgan fingerprint density at radius 2 is 1.58 bits per heavy atom. The second-order valence-electron chi connectivity index (χ2n) is 15.7. The van der Waals surface area contributed by atoms with E-state index in [9.17, 15) is 19.8 Å². The number of fused-ring (bicyclic) bond motifs is 7. The molecule has 0 bridgehead atoms. The summed E-state index contributed by atoms with van der Waals surface area (Å²) in [6.07, 6.45) is 10.1. The Kier molecular flexibility index (Phi) is 6.54. The number of carboxylic acids is 1. The molecular weight excluding hydrogens is 474 g/mol. The van der Waals surface area contributed by atoms with Gasteiger partial charge in [-0.15, -0.1) is 0 Å². The van der Waals surface area contributed by atoms with Gasteiger partial charge >= 0.3 is 0 Å². The molecule has 214 valence electrons. The van der Waals surface area contributed by atoms with Crippen molar-refractivity contribution in [2.45, 2.75) is 125 Å². The van der Waals surface area contributed by atoms with Crippen LogP contribution in [-0.2, 0) is 9.59 Å². The van der Waals surface area contributed by atoms with E-state index in [-0.39, 0.29) is 39.6 Å². The SMILES string of the molecule is C=C(C)[C@@H]1CC[C@]2(C(=O)N[C@H](C)C(=O)[O-])CC[C@]3(C)[C@H](CC[C@@H]4[C@@]5(C)CC[C@H](O)C(C)(C)[C@@H]5CC[C@]43C)[C@@H]12. The first kappa shape index (κ1) is 28.2. The van der Waals surface area contributed by atoms with Crippen molar-refractivity contribution in [2.24, 2.45) is 56.7 Å². The molecule has 0 heterocycles. The maximum atomic E-state index is 13.9. The van der Waals surface area contributed by atoms with E-state index in [1.165, 1.54) is 31.8 Å². The monoisotopic (exact) mass is 526 g/mol. The van der Waals surface area contributed by atoms with Crippen LogP contribution in [0.25, 0.3) is 0 Å². The lowest BCUT2D eigenvalue weighted by molar-refractivity contribution is -0.308. The van der Waals surface area contributed by atoms with Crippen molar-refractivity contribution in [1.82, 2.24) is 5.32 Å². The summed E-state index contributed by atoms with van der Waals surface area (Å²) in [4.78, 5) is 25.4. The molecule has 5 aliphatic carbocycles. The summed E-state index contributed by atoms with van der Waals surface area (Å²) in [5.41, 5.74) is 1.13. The molecule has 11 atom stereocenters. The quantitative estimate of drug-likeness (QED) is 0.489. The average Bonchev–Trinajstić information content (AvgIpc) is 3.23. The number of nitrogens with one attached hydrogen (secondary N) is 1. The van der Waals surface area contributed by atoms with Crippen LogP contribution in [0.4, 0.5) is 0 Å². The minimum absolute atomic E-state index is 0.0575. The molecule has 0 aromatic heterocycles. The first-order valence-electron chi connectivity index (χ1n) is 15.4. The summed E-state index contributed by atoms with van der Waals surface area (Å²) in [5.74, 6) is 0.793. The van der Waals surface area contributed by atoms with Crippen molar-refractivity contribution < 1.29 is 19.8 Å². The summed E-state index contributed by atoms with van der Waals surface area (Å²) in [5, 5.41) is 25.3. The number of carbonyl (C=O) groups is 2. The van der Waals surface area contributed by atoms with Crippen molar-refractivity contribution in [2.75, 3.05) is 0 Å². The number of amides is 1. The maximum absolute atomic E-state index is 13.9. The predicted molar refractivity (Wildman–Crippen MR) is 148 cm³/mol. The van der Waals surface area contributed by atoms with Gasteiger partial charge in [0.1, 0.15) is 0 Å². The highest BCUT2D eigenvalue weighted by Crippen LogP contribution is 2.77. The first-order valence-corrected chi connectivity index (χ1v) is 15.4. The van der Waals surface area contributed by atoms with E-state index < -0.39 is 17.4 Å². The Balaban J connectivity index is 1.53. The van der Waals surface area contributed by atoms with Gasteiger partial charge in [-0.05, 0) is 129 Å². The van der Waals surface area contributed by atoms with Crippen LogP contribution in [0.2, 0.25) is 0 Å². The third-order valence-corrected chi connectivity index (χ3v) is 14.2. The van der Waals surface area contributed by atoms with Crippen molar-refractivity contribution in [3.05, 3.63) is 12.2 Å². The number of aliphatic carboxylic acids is 1. The normalized spacial score (nSPS) is 50.0. The molecule has 5 aliphatic rings. The van der Waals surface area contributed by atoms with E-state index in [1.807, 2.05) is 0 Å². The van der Waals surface area contributed by atoms with Crippen molar-refractivity contribution in [3.63, 3.8) is 0 Å². The molecule has 0 saturated heterocycles. The van der Waals surface area contributed by atoms with E-state index in [4.69, 9.17) is 0 Å². The molecule has 0 aliphatic heterocycles. The molecule has 0 aromatic rings. The number of hydrogen-bond donors (Lipinski definition) is 2. The topological polar surface area (TPSA) is 89.5 Å². The summed E-state index contributed by atoms with van der Waals surface area (Å²) >= 11 is 0. The summed E-state index contributed by atoms with van der Waals surface area (Å²) in [7, 11) is 0. The van der Waals surface area contributed by atoms with Gasteiger partial charge in [-0.1, -0.05) is 46.8 Å². The van der Waals surface area contributed by atoms with E-state index in [2.05, 4.69) is 53.4 Å². The van der Waals surface area contributed by atoms with Gasteiger partial charge in [-0.2, -0.15) is 0 Å². The number of aliphatic hydroxyl groups excluding tert-OH is 1. The Hall–Kier alpha value is -1.36. The van der Waals surface area contributed by atoms with E-state index >= 15 is 0 Å². The summed E-state index contributed by atoms with van der Waals surface area (Å²) in [6.45, 7) is 20.3. The van der Waals surface area contributed by atoms with Gasteiger partial charge < -0.3 is 20.3 Å². The van der Waals surface area contributed by atoms with Crippen LogP contribution in [0.5, 0.6) is 0 Å². The molecule has 0 unspecified atom stereocenters. The van der Waals surface area contributed by atoms with Crippen molar-refractivity contribution in [3.8, 4) is 0 Å². The summed E-state index contributed by atoms with van der Waals surface area (Å²) < 4.78 is 0. The van der Waals surface area contributed by atoms with Gasteiger partial charge in [0.15, 0.2) is 0 Å². The molecule has 5 rings (SSSR count). The molecule has 0 radical (unpaired) electrons. The molecular formula is C33H52NO4-. The number of aliphatic hydroxyl groups is 1. The Bertz CT molecular complexity index is 1020. The number of allylic oxidation sites excluding steroid dienone is 1. The van der Waals surface area contributed by atoms with Gasteiger partial charge in [-0.25, -0.2) is 0 Å². The average molecular weight is 527 g/mol. The molecule has 0 spiro atoms. The van der Waals surface area contributed by atoms with Crippen LogP contribution >= 0.6 is 0 Å². The molecule has 5 saturated carbocycles. The molecule has 1 amide bonds. The lowest BCUT2D eigenvalue weighted by Crippen LogP contribution is -2.67. The van der Waals surface area contributed by atoms with Gasteiger partial charge in [0.25, 0.3) is 0 Å². The van der Waals surface area contributed by atoms with Crippen molar-refractivity contribution in [1.29, 1.82) is 0 Å². The van der Waals surface area contributed by atoms with Crippen LogP contribution in [0.15, 0.2) is 12.2 Å². The number of rotatable bonds is 4. The van der Waals surface area contributed by atoms with Gasteiger partial charge in [-0.3, -0.25) is 4.79 Å². The lowest BCUT2D eigenvalue weighted by atomic mass is 9.32. The Labute approximate surface area is 230 Å². The first-order chi connectivity index (χ1) is 17.6. The van der Waals surface area contributed by atoms with E-state index in [0.717, 1.165) is 44.9 Å². The van der Waals surface area contributed by atoms with Crippen LogP contribution in [0, 0.1) is 56.7 Å². The Morgan fingerprint density at radius 1 is 0.895 bits per heavy atom. The largest absolute Gasteiger partial charge is 0.548 e. The fourth-order valence-corrected chi connectivity index (χ4v) is 11.9. The summed E-state index contributed by atoms with van der Waals surface area (Å²) in [6, 6.07) is -0.983. The smallest absolute Gasteiger partial charge is 0.227 e. The zero-order chi connectivity index (χ0) is 28.1. The fourth-order valence-electron chi connectivity index (χ4n) is 11.9. The van der Waals surface area contributed by atoms with Crippen molar-refractivity contribution >= 4 is 11.9 Å². The van der Waals surface area contributed by atoms with Crippen LogP contribution in [0.1, 0.15) is 113 Å². The van der Waals surface area contributed by atoms with Gasteiger partial charge in [0.2, 0.25) is 5.91 Å². The minimum Gasteiger partial charge on any atom is -0.548 e. The third kappa shape index (κ3) is 3.51. The highest BCUT2D eigenvalue weighted by Gasteiger charge is 2.71.